The van der Waals surface area contributed by atoms with Crippen molar-refractivity contribution >= 4 is 17.4 Å². The number of anilines is 1. The van der Waals surface area contributed by atoms with Crippen molar-refractivity contribution < 1.29 is 14.7 Å². The van der Waals surface area contributed by atoms with Crippen molar-refractivity contribution in [1.29, 1.82) is 0 Å². The molecular weight excluding hydrogens is 386 g/mol. The van der Waals surface area contributed by atoms with Gasteiger partial charge in [-0.1, -0.05) is 70.4 Å². The molecule has 0 aliphatic carbocycles. The molecule has 2 N–H and O–H groups in total. The summed E-state index contributed by atoms with van der Waals surface area (Å²) in [6.07, 6.45) is 20.3. The van der Waals surface area contributed by atoms with Crippen LogP contribution in [0.2, 0.25) is 0 Å². The van der Waals surface area contributed by atoms with Crippen LogP contribution in [0.5, 0.6) is 0 Å². The zero-order chi connectivity index (χ0) is 22.7. The van der Waals surface area contributed by atoms with Crippen LogP contribution in [-0.2, 0) is 4.79 Å². The van der Waals surface area contributed by atoms with Crippen LogP contribution in [0.25, 0.3) is 0 Å². The smallest absolute Gasteiger partial charge is 0.303 e. The maximum Gasteiger partial charge on any atom is 0.303 e. The zero-order valence-electron chi connectivity index (χ0n) is 19.8. The summed E-state index contributed by atoms with van der Waals surface area (Å²) < 4.78 is 0. The molecule has 1 aromatic rings. The van der Waals surface area contributed by atoms with Gasteiger partial charge >= 0.3 is 5.97 Å². The summed E-state index contributed by atoms with van der Waals surface area (Å²) in [7, 11) is 0. The van der Waals surface area contributed by atoms with Crippen LogP contribution in [0.3, 0.4) is 0 Å². The summed E-state index contributed by atoms with van der Waals surface area (Å²) in [6.45, 7) is 5.14. The van der Waals surface area contributed by atoms with Crippen LogP contribution in [0, 0.1) is 6.92 Å². The molecule has 0 radical (unpaired) electrons. The first-order valence-corrected chi connectivity index (χ1v) is 12.3. The highest BCUT2D eigenvalue weighted by molar-refractivity contribution is 5.98. The Labute approximate surface area is 189 Å². The predicted octanol–water partition coefficient (Wildman–Crippen LogP) is 7.71. The van der Waals surface area contributed by atoms with Gasteiger partial charge in [0.1, 0.15) is 0 Å². The number of Topliss-reactive ketones (excluding diaryl/α,β-unsaturated/α-hetero) is 1. The average molecular weight is 430 g/mol. The summed E-state index contributed by atoms with van der Waals surface area (Å²) in [4.78, 5) is 22.6. The number of hydrogen-bond acceptors (Lipinski definition) is 3. The SMILES string of the molecule is CCCCCCCCCCCC=CCCCNc1ccc(C(=O)CCC(=O)O)cc1C. The standard InChI is InChI=1S/C27H43NO3/c1-3-4-5-6-7-8-9-10-11-12-13-14-15-16-21-28-25-18-17-24(22-23(25)2)26(29)19-20-27(30)31/h13-14,17-18,22,28H,3-12,15-16,19-21H2,1-2H3,(H,30,31). The van der Waals surface area contributed by atoms with E-state index < -0.39 is 5.97 Å². The Morgan fingerprint density at radius 2 is 1.48 bits per heavy atom. The second kappa shape index (κ2) is 17.6. The van der Waals surface area contributed by atoms with E-state index >= 15 is 0 Å². The third kappa shape index (κ3) is 13.7. The van der Waals surface area contributed by atoms with Gasteiger partial charge in [0.05, 0.1) is 6.42 Å². The van der Waals surface area contributed by atoms with E-state index in [2.05, 4.69) is 24.4 Å². The number of carbonyl (C=O) groups is 2. The van der Waals surface area contributed by atoms with Crippen molar-refractivity contribution in [3.63, 3.8) is 0 Å². The monoisotopic (exact) mass is 429 g/mol. The summed E-state index contributed by atoms with van der Waals surface area (Å²) in [6, 6.07) is 5.55. The number of allylic oxidation sites excluding steroid dienone is 2. The topological polar surface area (TPSA) is 66.4 Å². The number of benzene rings is 1. The first-order chi connectivity index (χ1) is 15.0. The number of carboxylic acids is 1. The molecule has 0 atom stereocenters. The van der Waals surface area contributed by atoms with E-state index in [4.69, 9.17) is 5.11 Å². The highest BCUT2D eigenvalue weighted by Gasteiger charge is 2.09. The summed E-state index contributed by atoms with van der Waals surface area (Å²) in [5, 5.41) is 12.1. The molecule has 0 fully saturated rings. The molecule has 0 heterocycles. The van der Waals surface area contributed by atoms with Gasteiger partial charge in [0.2, 0.25) is 0 Å². The van der Waals surface area contributed by atoms with Gasteiger partial charge in [-0.2, -0.15) is 0 Å². The van der Waals surface area contributed by atoms with Crippen molar-refractivity contribution in [2.45, 2.75) is 104 Å². The van der Waals surface area contributed by atoms with E-state index in [0.29, 0.717) is 5.56 Å². The molecule has 0 aliphatic heterocycles. The van der Waals surface area contributed by atoms with Gasteiger partial charge in [-0.25, -0.2) is 0 Å². The predicted molar refractivity (Wildman–Crippen MR) is 131 cm³/mol. The molecule has 0 saturated carbocycles. The molecule has 0 aromatic heterocycles. The molecule has 1 rings (SSSR count). The van der Waals surface area contributed by atoms with E-state index in [-0.39, 0.29) is 18.6 Å². The first-order valence-electron chi connectivity index (χ1n) is 12.3. The van der Waals surface area contributed by atoms with Gasteiger partial charge in [0.25, 0.3) is 0 Å². The molecule has 4 nitrogen and oxygen atoms in total. The van der Waals surface area contributed by atoms with Crippen molar-refractivity contribution in [1.82, 2.24) is 0 Å². The van der Waals surface area contributed by atoms with Crippen LogP contribution in [0.4, 0.5) is 5.69 Å². The molecule has 0 bridgehead atoms. The Balaban J connectivity index is 2.08. The minimum absolute atomic E-state index is 0.0485. The number of carboxylic acid groups (broad SMARTS) is 1. The zero-order valence-corrected chi connectivity index (χ0v) is 19.8. The number of carbonyl (C=O) groups excluding carboxylic acids is 1. The van der Waals surface area contributed by atoms with Gasteiger partial charge in [0.15, 0.2) is 5.78 Å². The van der Waals surface area contributed by atoms with Crippen molar-refractivity contribution in [2.24, 2.45) is 0 Å². The molecule has 31 heavy (non-hydrogen) atoms. The lowest BCUT2D eigenvalue weighted by Crippen LogP contribution is -2.06. The van der Waals surface area contributed by atoms with Gasteiger partial charge in [0, 0.05) is 24.2 Å². The van der Waals surface area contributed by atoms with Crippen LogP contribution < -0.4 is 5.32 Å². The third-order valence-corrected chi connectivity index (χ3v) is 5.62. The number of hydrogen-bond donors (Lipinski definition) is 2. The Bertz CT molecular complexity index is 666. The number of nitrogens with one attached hydrogen (secondary N) is 1. The molecule has 4 heteroatoms. The van der Waals surface area contributed by atoms with Gasteiger partial charge in [-0.15, -0.1) is 0 Å². The number of aryl methyl sites for hydroxylation is 1. The van der Waals surface area contributed by atoms with Crippen molar-refractivity contribution in [3.05, 3.63) is 41.5 Å². The van der Waals surface area contributed by atoms with Crippen LogP contribution in [0.15, 0.2) is 30.4 Å². The normalized spacial score (nSPS) is 11.2. The number of unbranched alkanes of at least 4 members (excludes halogenated alkanes) is 10. The number of ketones is 1. The number of aliphatic carboxylic acids is 1. The maximum atomic E-state index is 12.0. The van der Waals surface area contributed by atoms with E-state index in [9.17, 15) is 9.59 Å². The molecule has 174 valence electrons. The van der Waals surface area contributed by atoms with Crippen molar-refractivity contribution in [2.75, 3.05) is 11.9 Å². The minimum Gasteiger partial charge on any atom is -0.481 e. The second-order valence-corrected chi connectivity index (χ2v) is 8.50. The van der Waals surface area contributed by atoms with E-state index in [1.165, 1.54) is 64.2 Å². The Morgan fingerprint density at radius 3 is 2.10 bits per heavy atom. The fourth-order valence-corrected chi connectivity index (χ4v) is 3.65. The van der Waals surface area contributed by atoms with Gasteiger partial charge in [-0.3, -0.25) is 9.59 Å². The second-order valence-electron chi connectivity index (χ2n) is 8.50. The summed E-state index contributed by atoms with van der Waals surface area (Å²) >= 11 is 0. The Hall–Kier alpha value is -2.10. The molecule has 0 aliphatic rings. The van der Waals surface area contributed by atoms with Crippen LogP contribution >= 0.6 is 0 Å². The minimum atomic E-state index is -0.939. The summed E-state index contributed by atoms with van der Waals surface area (Å²) in [5.74, 6) is -1.06. The average Bonchev–Trinajstić information content (AvgIpc) is 2.75. The third-order valence-electron chi connectivity index (χ3n) is 5.62. The highest BCUT2D eigenvalue weighted by Crippen LogP contribution is 2.18. The Kier molecular flexibility index (Phi) is 15.3. The molecule has 0 spiro atoms. The fourth-order valence-electron chi connectivity index (χ4n) is 3.65. The number of rotatable bonds is 19. The molecular formula is C27H43NO3. The summed E-state index contributed by atoms with van der Waals surface area (Å²) in [5.41, 5.74) is 2.64. The lowest BCUT2D eigenvalue weighted by molar-refractivity contribution is -0.136. The van der Waals surface area contributed by atoms with Crippen LogP contribution in [0.1, 0.15) is 113 Å². The van der Waals surface area contributed by atoms with Gasteiger partial charge < -0.3 is 10.4 Å². The Morgan fingerprint density at radius 1 is 0.871 bits per heavy atom. The largest absolute Gasteiger partial charge is 0.481 e. The fraction of sp³-hybridized carbons (Fsp3) is 0.630. The van der Waals surface area contributed by atoms with E-state index in [1.54, 1.807) is 6.07 Å². The lowest BCUT2D eigenvalue weighted by Gasteiger charge is -2.10. The van der Waals surface area contributed by atoms with E-state index in [0.717, 1.165) is 30.6 Å². The molecule has 0 unspecified atom stereocenters. The van der Waals surface area contributed by atoms with E-state index in [1.807, 2.05) is 19.1 Å². The maximum absolute atomic E-state index is 12.0. The highest BCUT2D eigenvalue weighted by atomic mass is 16.4. The van der Waals surface area contributed by atoms with Crippen molar-refractivity contribution in [3.8, 4) is 0 Å². The first kappa shape index (κ1) is 26.9. The molecule has 1 aromatic carbocycles. The van der Waals surface area contributed by atoms with Crippen LogP contribution in [-0.4, -0.2) is 23.4 Å². The molecule has 0 amide bonds. The lowest BCUT2D eigenvalue weighted by atomic mass is 10.0. The quantitative estimate of drug-likeness (QED) is 0.134. The molecule has 0 saturated heterocycles. The van der Waals surface area contributed by atoms with Gasteiger partial charge in [-0.05, 0) is 56.4 Å².